The van der Waals surface area contributed by atoms with E-state index in [2.05, 4.69) is 34.5 Å². The molecule has 0 aliphatic carbocycles. The molecule has 3 aliphatic heterocycles. The second-order valence-electron chi connectivity index (χ2n) is 6.87. The molecular formula is C20H22Cl2N2. The zero-order chi connectivity index (χ0) is 16.5. The summed E-state index contributed by atoms with van der Waals surface area (Å²) in [5, 5.41) is 5.47. The maximum absolute atomic E-state index is 6.33. The Morgan fingerprint density at radius 1 is 1.00 bits per heavy atom. The molecule has 2 aromatic carbocycles. The fraction of sp³-hybridized carbons (Fsp3) is 0.400. The standard InChI is InChI=1S/C20H22Cl2N2/c21-17-6-3-5-15(12-17)20-19(14-8-10-24(20)11-9-14)23-13-16-4-1-2-7-18(16)22/h1-7,12,14,19-20,23H,8-11,13H2/t19-,20-/m0/s1. The highest BCUT2D eigenvalue weighted by atomic mass is 35.5. The number of fused-ring (bicyclic) bond motifs is 3. The van der Waals surface area contributed by atoms with Crippen LogP contribution in [0, 0.1) is 5.92 Å². The zero-order valence-electron chi connectivity index (χ0n) is 13.6. The van der Waals surface area contributed by atoms with Gasteiger partial charge >= 0.3 is 0 Å². The van der Waals surface area contributed by atoms with Gasteiger partial charge in [-0.25, -0.2) is 0 Å². The Morgan fingerprint density at radius 3 is 2.54 bits per heavy atom. The van der Waals surface area contributed by atoms with Crippen molar-refractivity contribution in [1.82, 2.24) is 10.2 Å². The van der Waals surface area contributed by atoms with Crippen LogP contribution in [0.5, 0.6) is 0 Å². The minimum Gasteiger partial charge on any atom is -0.308 e. The predicted molar refractivity (Wildman–Crippen MR) is 101 cm³/mol. The highest BCUT2D eigenvalue weighted by molar-refractivity contribution is 6.31. The highest BCUT2D eigenvalue weighted by Gasteiger charge is 2.42. The van der Waals surface area contributed by atoms with Crippen molar-refractivity contribution in [2.45, 2.75) is 31.5 Å². The average Bonchev–Trinajstić information content (AvgIpc) is 2.61. The fourth-order valence-electron chi connectivity index (χ4n) is 4.30. The molecule has 4 heteroatoms. The van der Waals surface area contributed by atoms with Crippen LogP contribution in [0.1, 0.15) is 30.0 Å². The van der Waals surface area contributed by atoms with Crippen LogP contribution in [0.15, 0.2) is 48.5 Å². The molecule has 3 aliphatic rings. The van der Waals surface area contributed by atoms with Crippen LogP contribution >= 0.6 is 23.2 Å². The maximum atomic E-state index is 6.33. The molecule has 126 valence electrons. The molecule has 0 unspecified atom stereocenters. The van der Waals surface area contributed by atoms with Crippen LogP contribution in [0.2, 0.25) is 10.0 Å². The molecule has 2 atom stereocenters. The number of rotatable bonds is 4. The predicted octanol–water partition coefficient (Wildman–Crippen LogP) is 4.92. The summed E-state index contributed by atoms with van der Waals surface area (Å²) < 4.78 is 0. The molecule has 0 aromatic heterocycles. The van der Waals surface area contributed by atoms with Gasteiger partial charge in [0, 0.05) is 22.6 Å². The molecule has 0 saturated carbocycles. The van der Waals surface area contributed by atoms with Crippen LogP contribution in [0.25, 0.3) is 0 Å². The van der Waals surface area contributed by atoms with E-state index >= 15 is 0 Å². The Kier molecular flexibility index (Phi) is 4.82. The first-order valence-electron chi connectivity index (χ1n) is 8.68. The zero-order valence-corrected chi connectivity index (χ0v) is 15.1. The van der Waals surface area contributed by atoms with E-state index in [9.17, 15) is 0 Å². The molecule has 3 fully saturated rings. The van der Waals surface area contributed by atoms with Crippen molar-refractivity contribution < 1.29 is 0 Å². The number of hydrogen-bond acceptors (Lipinski definition) is 2. The molecule has 2 nitrogen and oxygen atoms in total. The van der Waals surface area contributed by atoms with Crippen LogP contribution in [-0.2, 0) is 6.54 Å². The number of nitrogens with one attached hydrogen (secondary N) is 1. The molecular weight excluding hydrogens is 339 g/mol. The first-order chi connectivity index (χ1) is 11.7. The summed E-state index contributed by atoms with van der Waals surface area (Å²) in [6.07, 6.45) is 2.55. The van der Waals surface area contributed by atoms with Gasteiger partial charge in [0.05, 0.1) is 6.04 Å². The lowest BCUT2D eigenvalue weighted by Gasteiger charge is -2.51. The largest absolute Gasteiger partial charge is 0.308 e. The molecule has 3 heterocycles. The van der Waals surface area contributed by atoms with E-state index in [0.29, 0.717) is 12.1 Å². The van der Waals surface area contributed by atoms with E-state index in [0.717, 1.165) is 22.5 Å². The molecule has 24 heavy (non-hydrogen) atoms. The minimum absolute atomic E-state index is 0.402. The summed E-state index contributed by atoms with van der Waals surface area (Å²) in [6, 6.07) is 17.3. The number of piperidine rings is 3. The van der Waals surface area contributed by atoms with Crippen molar-refractivity contribution in [2.24, 2.45) is 5.92 Å². The van der Waals surface area contributed by atoms with Gasteiger partial charge in [-0.3, -0.25) is 4.90 Å². The van der Waals surface area contributed by atoms with E-state index < -0.39 is 0 Å². The summed E-state index contributed by atoms with van der Waals surface area (Å²) >= 11 is 12.6. The molecule has 0 amide bonds. The quantitative estimate of drug-likeness (QED) is 0.832. The van der Waals surface area contributed by atoms with Gasteiger partial charge < -0.3 is 5.32 Å². The van der Waals surface area contributed by atoms with Crippen molar-refractivity contribution >= 4 is 23.2 Å². The summed E-state index contributed by atoms with van der Waals surface area (Å²) in [5.74, 6) is 0.724. The van der Waals surface area contributed by atoms with E-state index in [1.54, 1.807) is 0 Å². The summed E-state index contributed by atoms with van der Waals surface area (Å²) in [5.41, 5.74) is 2.49. The van der Waals surface area contributed by atoms with E-state index in [1.165, 1.54) is 37.1 Å². The van der Waals surface area contributed by atoms with Gasteiger partial charge in [0.1, 0.15) is 0 Å². The van der Waals surface area contributed by atoms with Gasteiger partial charge in [-0.1, -0.05) is 53.5 Å². The number of nitrogens with zero attached hydrogens (tertiary/aromatic N) is 1. The van der Waals surface area contributed by atoms with E-state index in [-0.39, 0.29) is 0 Å². The van der Waals surface area contributed by atoms with Gasteiger partial charge in [0.2, 0.25) is 0 Å². The second kappa shape index (κ2) is 7.05. The van der Waals surface area contributed by atoms with E-state index in [4.69, 9.17) is 23.2 Å². The van der Waals surface area contributed by atoms with Crippen molar-refractivity contribution in [3.63, 3.8) is 0 Å². The van der Waals surface area contributed by atoms with Crippen molar-refractivity contribution in [1.29, 1.82) is 0 Å². The molecule has 5 rings (SSSR count). The Balaban J connectivity index is 1.58. The third-order valence-electron chi connectivity index (χ3n) is 5.49. The van der Waals surface area contributed by atoms with Crippen LogP contribution in [0.3, 0.4) is 0 Å². The molecule has 2 bridgehead atoms. The fourth-order valence-corrected chi connectivity index (χ4v) is 4.70. The highest BCUT2D eigenvalue weighted by Crippen LogP contribution is 2.41. The summed E-state index contributed by atoms with van der Waals surface area (Å²) in [7, 11) is 0. The van der Waals surface area contributed by atoms with Crippen molar-refractivity contribution in [2.75, 3.05) is 13.1 Å². The third-order valence-corrected chi connectivity index (χ3v) is 6.10. The molecule has 1 N–H and O–H groups in total. The van der Waals surface area contributed by atoms with Crippen LogP contribution in [-0.4, -0.2) is 24.0 Å². The Bertz CT molecular complexity index is 710. The number of benzene rings is 2. The number of halogens is 2. The lowest BCUT2D eigenvalue weighted by atomic mass is 9.76. The van der Waals surface area contributed by atoms with Gasteiger partial charge in [-0.05, 0) is 61.2 Å². The second-order valence-corrected chi connectivity index (χ2v) is 7.71. The SMILES string of the molecule is Clc1cccc([C@H]2[C@@H](NCc3ccccc3Cl)C3CCN2CC3)c1. The lowest BCUT2D eigenvalue weighted by Crippen LogP contribution is -2.57. The first kappa shape index (κ1) is 16.4. The smallest absolute Gasteiger partial charge is 0.0504 e. The summed E-state index contributed by atoms with van der Waals surface area (Å²) in [4.78, 5) is 2.61. The number of hydrogen-bond donors (Lipinski definition) is 1. The maximum Gasteiger partial charge on any atom is 0.0504 e. The molecule has 0 radical (unpaired) electrons. The minimum atomic E-state index is 0.402. The summed E-state index contributed by atoms with van der Waals surface area (Å²) in [6.45, 7) is 3.18. The molecule has 0 spiro atoms. The van der Waals surface area contributed by atoms with Gasteiger partial charge in [-0.15, -0.1) is 0 Å². The van der Waals surface area contributed by atoms with Gasteiger partial charge in [0.25, 0.3) is 0 Å². The van der Waals surface area contributed by atoms with Crippen LogP contribution in [0.4, 0.5) is 0 Å². The van der Waals surface area contributed by atoms with Crippen molar-refractivity contribution in [3.05, 3.63) is 69.7 Å². The Labute approximate surface area is 153 Å². The van der Waals surface area contributed by atoms with Crippen molar-refractivity contribution in [3.8, 4) is 0 Å². The van der Waals surface area contributed by atoms with Crippen LogP contribution < -0.4 is 5.32 Å². The monoisotopic (exact) mass is 360 g/mol. The van der Waals surface area contributed by atoms with Gasteiger partial charge in [-0.2, -0.15) is 0 Å². The topological polar surface area (TPSA) is 15.3 Å². The first-order valence-corrected chi connectivity index (χ1v) is 9.44. The van der Waals surface area contributed by atoms with E-state index in [1.807, 2.05) is 24.3 Å². The molecule has 2 aromatic rings. The Morgan fingerprint density at radius 2 is 1.79 bits per heavy atom. The third kappa shape index (κ3) is 3.21. The molecule has 3 saturated heterocycles. The normalized spacial score (nSPS) is 28.9. The average molecular weight is 361 g/mol. The Hall–Kier alpha value is -1.06. The van der Waals surface area contributed by atoms with Gasteiger partial charge in [0.15, 0.2) is 0 Å². The lowest BCUT2D eigenvalue weighted by molar-refractivity contribution is 0.0112.